The largest absolute Gasteiger partial charge is 0.439 e. The minimum atomic E-state index is -4.50. The third kappa shape index (κ3) is 5.57. The van der Waals surface area contributed by atoms with Crippen LogP contribution < -0.4 is 10.1 Å². The van der Waals surface area contributed by atoms with Crippen LogP contribution in [-0.4, -0.2) is 49.3 Å². The smallest absolute Gasteiger partial charge is 0.416 e. The summed E-state index contributed by atoms with van der Waals surface area (Å²) in [5, 5.41) is 13.1. The number of carbonyl (C=O) groups excluding carboxylic acids is 1. The molecule has 0 radical (unpaired) electrons. The number of hydrogen-bond acceptors (Lipinski definition) is 6. The van der Waals surface area contributed by atoms with Crippen LogP contribution in [0.4, 0.5) is 23.7 Å². The van der Waals surface area contributed by atoms with Gasteiger partial charge in [0.25, 0.3) is 0 Å². The number of ether oxygens (including phenoxy) is 1. The summed E-state index contributed by atoms with van der Waals surface area (Å²) in [7, 11) is 0. The molecule has 8 nitrogen and oxygen atoms in total. The molecule has 1 aliphatic rings. The summed E-state index contributed by atoms with van der Waals surface area (Å²) in [6, 6.07) is 12.7. The first-order valence-electron chi connectivity index (χ1n) is 11.7. The molecule has 1 fully saturated rings. The number of amides is 1. The van der Waals surface area contributed by atoms with Crippen molar-refractivity contribution >= 4 is 22.6 Å². The lowest BCUT2D eigenvalue weighted by Crippen LogP contribution is -2.27. The fraction of sp³-hybridized carbons (Fsp3) is 0.269. The molecule has 1 amide bonds. The molecular formula is C26H24F3N5O3. The van der Waals surface area contributed by atoms with Crippen LogP contribution >= 0.6 is 0 Å². The predicted octanol–water partition coefficient (Wildman–Crippen LogP) is 5.28. The minimum absolute atomic E-state index is 0.0408. The Balaban J connectivity index is 1.29. The van der Waals surface area contributed by atoms with Gasteiger partial charge in [0, 0.05) is 42.5 Å². The van der Waals surface area contributed by atoms with Gasteiger partial charge >= 0.3 is 12.2 Å². The number of carbonyl (C=O) groups is 1. The summed E-state index contributed by atoms with van der Waals surface area (Å²) in [6.45, 7) is 3.23. The van der Waals surface area contributed by atoms with E-state index in [1.807, 2.05) is 0 Å². The number of aliphatic hydroxyl groups is 1. The molecule has 2 aromatic carbocycles. The van der Waals surface area contributed by atoms with Gasteiger partial charge in [0.2, 0.25) is 5.88 Å². The molecule has 0 saturated carbocycles. The first-order chi connectivity index (χ1) is 17.7. The number of halogens is 3. The molecule has 4 aromatic rings. The first-order valence-corrected chi connectivity index (χ1v) is 11.7. The molecule has 2 atom stereocenters. The van der Waals surface area contributed by atoms with Gasteiger partial charge < -0.3 is 15.2 Å². The van der Waals surface area contributed by atoms with Crippen LogP contribution in [0.2, 0.25) is 0 Å². The maximum Gasteiger partial charge on any atom is 0.416 e. The Morgan fingerprint density at radius 3 is 2.76 bits per heavy atom. The van der Waals surface area contributed by atoms with E-state index in [9.17, 15) is 23.1 Å². The van der Waals surface area contributed by atoms with E-state index >= 15 is 0 Å². The van der Waals surface area contributed by atoms with Gasteiger partial charge in [0.15, 0.2) is 0 Å². The molecule has 2 unspecified atom stereocenters. The standard InChI is InChI=1S/C26H24F3N5O3/c1-16-9-21(35)14-33(16)13-20-12-24(31-15-30-20)37-22-5-6-23-17(10-22)7-8-34(23)25(36)32-19-4-2-3-18(11-19)26(27,28)29/h2-8,10-12,15-16,21,35H,9,13-14H2,1H3,(H,32,36). The third-order valence-corrected chi connectivity index (χ3v) is 6.29. The zero-order valence-electron chi connectivity index (χ0n) is 19.8. The van der Waals surface area contributed by atoms with Gasteiger partial charge in [-0.05, 0) is 55.8 Å². The van der Waals surface area contributed by atoms with E-state index in [1.54, 1.807) is 30.3 Å². The van der Waals surface area contributed by atoms with Crippen LogP contribution in [-0.2, 0) is 12.7 Å². The normalized spacial score (nSPS) is 18.3. The number of anilines is 1. The first kappa shape index (κ1) is 24.7. The van der Waals surface area contributed by atoms with Crippen molar-refractivity contribution < 1.29 is 27.8 Å². The highest BCUT2D eigenvalue weighted by atomic mass is 19.4. The number of alkyl halides is 3. The fourth-order valence-electron chi connectivity index (χ4n) is 4.45. The van der Waals surface area contributed by atoms with E-state index in [4.69, 9.17) is 4.74 Å². The summed E-state index contributed by atoms with van der Waals surface area (Å²) in [5.74, 6) is 0.858. The number of benzene rings is 2. The third-order valence-electron chi connectivity index (χ3n) is 6.29. The molecule has 3 heterocycles. The topological polar surface area (TPSA) is 92.5 Å². The van der Waals surface area contributed by atoms with Crippen molar-refractivity contribution in [2.24, 2.45) is 0 Å². The zero-order valence-corrected chi connectivity index (χ0v) is 19.8. The van der Waals surface area contributed by atoms with Gasteiger partial charge in [0.05, 0.1) is 22.9 Å². The molecule has 2 aromatic heterocycles. The second-order valence-electron chi connectivity index (χ2n) is 9.03. The Morgan fingerprint density at radius 2 is 2.00 bits per heavy atom. The molecule has 37 heavy (non-hydrogen) atoms. The van der Waals surface area contributed by atoms with Gasteiger partial charge in [-0.25, -0.2) is 14.8 Å². The minimum Gasteiger partial charge on any atom is -0.439 e. The van der Waals surface area contributed by atoms with Crippen molar-refractivity contribution in [3.8, 4) is 11.6 Å². The molecule has 0 bridgehead atoms. The summed E-state index contributed by atoms with van der Waals surface area (Å²) >= 11 is 0. The maximum atomic E-state index is 13.0. The number of likely N-dealkylation sites (tertiary alicyclic amines) is 1. The molecule has 5 rings (SSSR count). The molecule has 1 saturated heterocycles. The summed E-state index contributed by atoms with van der Waals surface area (Å²) in [4.78, 5) is 23.4. The molecular weight excluding hydrogens is 487 g/mol. The number of fused-ring (bicyclic) bond motifs is 1. The van der Waals surface area contributed by atoms with Gasteiger partial charge in [-0.1, -0.05) is 6.07 Å². The highest BCUT2D eigenvalue weighted by molar-refractivity contribution is 5.98. The van der Waals surface area contributed by atoms with Crippen LogP contribution in [0.1, 0.15) is 24.6 Å². The molecule has 2 N–H and O–H groups in total. The Labute approximate surface area is 210 Å². The Bertz CT molecular complexity index is 1440. The number of nitrogens with one attached hydrogen (secondary N) is 1. The van der Waals surface area contributed by atoms with Gasteiger partial charge in [-0.3, -0.25) is 9.47 Å². The molecule has 0 aliphatic carbocycles. The Morgan fingerprint density at radius 1 is 1.16 bits per heavy atom. The van der Waals surface area contributed by atoms with Gasteiger partial charge in [-0.2, -0.15) is 13.2 Å². The average molecular weight is 512 g/mol. The van der Waals surface area contributed by atoms with Crippen molar-refractivity contribution in [1.82, 2.24) is 19.4 Å². The number of hydrogen-bond donors (Lipinski definition) is 2. The Kier molecular flexibility index (Phi) is 6.57. The second kappa shape index (κ2) is 9.83. The summed E-state index contributed by atoms with van der Waals surface area (Å²) < 4.78 is 46.2. The highest BCUT2D eigenvalue weighted by Gasteiger charge is 2.30. The van der Waals surface area contributed by atoms with E-state index in [1.165, 1.54) is 29.2 Å². The van der Waals surface area contributed by atoms with Crippen molar-refractivity contribution in [2.75, 3.05) is 11.9 Å². The van der Waals surface area contributed by atoms with E-state index < -0.39 is 17.8 Å². The highest BCUT2D eigenvalue weighted by Crippen LogP contribution is 2.31. The van der Waals surface area contributed by atoms with Crippen molar-refractivity contribution in [1.29, 1.82) is 0 Å². The lowest BCUT2D eigenvalue weighted by molar-refractivity contribution is -0.137. The predicted molar refractivity (Wildman–Crippen MR) is 130 cm³/mol. The number of β-amino-alcohol motifs (C(OH)–C–C–N with tert-alkyl or cyclic N) is 1. The van der Waals surface area contributed by atoms with Crippen LogP contribution in [0.25, 0.3) is 10.9 Å². The number of aromatic nitrogens is 3. The molecule has 192 valence electrons. The van der Waals surface area contributed by atoms with E-state index in [2.05, 4.69) is 27.1 Å². The average Bonchev–Trinajstić information content (AvgIpc) is 3.40. The second-order valence-corrected chi connectivity index (χ2v) is 9.03. The molecule has 1 aliphatic heterocycles. The quantitative estimate of drug-likeness (QED) is 0.379. The molecule has 11 heteroatoms. The van der Waals surface area contributed by atoms with Gasteiger partial charge in [0.1, 0.15) is 12.1 Å². The van der Waals surface area contributed by atoms with E-state index in [-0.39, 0.29) is 17.8 Å². The van der Waals surface area contributed by atoms with Crippen LogP contribution in [0, 0.1) is 0 Å². The summed E-state index contributed by atoms with van der Waals surface area (Å²) in [5.41, 5.74) is 0.523. The monoisotopic (exact) mass is 511 g/mol. The van der Waals surface area contributed by atoms with E-state index in [0.717, 1.165) is 24.2 Å². The van der Waals surface area contributed by atoms with Crippen molar-refractivity contribution in [3.05, 3.63) is 78.4 Å². The number of nitrogens with zero attached hydrogens (tertiary/aromatic N) is 4. The van der Waals surface area contributed by atoms with Crippen LogP contribution in [0.5, 0.6) is 11.6 Å². The van der Waals surface area contributed by atoms with Crippen LogP contribution in [0.3, 0.4) is 0 Å². The van der Waals surface area contributed by atoms with Crippen molar-refractivity contribution in [3.63, 3.8) is 0 Å². The van der Waals surface area contributed by atoms with Crippen LogP contribution in [0.15, 0.2) is 67.1 Å². The number of rotatable bonds is 5. The molecule has 0 spiro atoms. The maximum absolute atomic E-state index is 13.0. The SMILES string of the molecule is CC1CC(O)CN1Cc1cc(Oc2ccc3c(ccn3C(=O)Nc3cccc(C(F)(F)F)c3)c2)ncn1. The summed E-state index contributed by atoms with van der Waals surface area (Å²) in [6.07, 6.45) is -1.15. The van der Waals surface area contributed by atoms with E-state index in [0.29, 0.717) is 35.6 Å². The lowest BCUT2D eigenvalue weighted by atomic mass is 10.2. The lowest BCUT2D eigenvalue weighted by Gasteiger charge is -2.20. The number of aliphatic hydroxyl groups excluding tert-OH is 1. The zero-order chi connectivity index (χ0) is 26.2. The fourth-order valence-corrected chi connectivity index (χ4v) is 4.45. The van der Waals surface area contributed by atoms with Gasteiger partial charge in [-0.15, -0.1) is 0 Å². The Hall–Kier alpha value is -3.96. The van der Waals surface area contributed by atoms with Crippen molar-refractivity contribution in [2.45, 2.75) is 38.2 Å².